The SMILES string of the molecule is Cc1ccc(-c2cc(C(O)CCC(C)OCOC(=O)[C@@H](N)C(C)C)nn2-c2ccc(C=O)cc2)cc1. The van der Waals surface area contributed by atoms with Gasteiger partial charge in [-0.05, 0) is 62.9 Å². The molecular formula is C28H35N3O5. The molecule has 1 heterocycles. The van der Waals surface area contributed by atoms with Crippen LogP contribution in [0.25, 0.3) is 16.9 Å². The lowest BCUT2D eigenvalue weighted by Gasteiger charge is -2.17. The van der Waals surface area contributed by atoms with Gasteiger partial charge in [-0.15, -0.1) is 0 Å². The molecule has 0 aliphatic rings. The van der Waals surface area contributed by atoms with Crippen molar-refractivity contribution in [1.29, 1.82) is 0 Å². The third kappa shape index (κ3) is 7.10. The number of aldehydes is 1. The van der Waals surface area contributed by atoms with Gasteiger partial charge < -0.3 is 20.3 Å². The Morgan fingerprint density at radius 3 is 2.36 bits per heavy atom. The summed E-state index contributed by atoms with van der Waals surface area (Å²) in [5, 5.41) is 15.6. The molecule has 0 aliphatic heterocycles. The van der Waals surface area contributed by atoms with Crippen molar-refractivity contribution >= 4 is 12.3 Å². The number of benzene rings is 2. The van der Waals surface area contributed by atoms with Crippen molar-refractivity contribution in [3.05, 3.63) is 71.4 Å². The third-order valence-electron chi connectivity index (χ3n) is 6.08. The van der Waals surface area contributed by atoms with E-state index in [9.17, 15) is 14.7 Å². The van der Waals surface area contributed by atoms with E-state index in [-0.39, 0.29) is 18.8 Å². The van der Waals surface area contributed by atoms with Crippen LogP contribution in [-0.4, -0.2) is 46.1 Å². The summed E-state index contributed by atoms with van der Waals surface area (Å²) >= 11 is 0. The van der Waals surface area contributed by atoms with E-state index < -0.39 is 18.1 Å². The Labute approximate surface area is 212 Å². The van der Waals surface area contributed by atoms with Crippen molar-refractivity contribution in [3.8, 4) is 16.9 Å². The molecule has 3 rings (SSSR count). The van der Waals surface area contributed by atoms with E-state index in [0.29, 0.717) is 24.1 Å². The number of nitrogens with zero attached hydrogens (tertiary/aromatic N) is 2. The smallest absolute Gasteiger partial charge is 0.325 e. The summed E-state index contributed by atoms with van der Waals surface area (Å²) in [4.78, 5) is 22.9. The van der Waals surface area contributed by atoms with Crippen LogP contribution in [0, 0.1) is 12.8 Å². The van der Waals surface area contributed by atoms with Crippen molar-refractivity contribution in [3.63, 3.8) is 0 Å². The number of nitrogens with two attached hydrogens (primary N) is 1. The predicted molar refractivity (Wildman–Crippen MR) is 138 cm³/mol. The number of ether oxygens (including phenoxy) is 2. The first-order valence-electron chi connectivity index (χ1n) is 12.1. The van der Waals surface area contributed by atoms with E-state index in [0.717, 1.165) is 28.8 Å². The molecule has 0 spiro atoms. The van der Waals surface area contributed by atoms with Gasteiger partial charge in [0.2, 0.25) is 0 Å². The second-order valence-electron chi connectivity index (χ2n) is 9.36. The number of aromatic nitrogens is 2. The lowest BCUT2D eigenvalue weighted by molar-refractivity contribution is -0.163. The van der Waals surface area contributed by atoms with Gasteiger partial charge in [0, 0.05) is 11.1 Å². The summed E-state index contributed by atoms with van der Waals surface area (Å²) in [5.74, 6) is -0.509. The van der Waals surface area contributed by atoms with Gasteiger partial charge >= 0.3 is 5.97 Å². The number of esters is 1. The van der Waals surface area contributed by atoms with Gasteiger partial charge in [-0.1, -0.05) is 43.7 Å². The molecule has 0 bridgehead atoms. The molecule has 0 amide bonds. The largest absolute Gasteiger partial charge is 0.437 e. The standard InChI is InChI=1S/C28H35N3O5/c1-18(2)27(29)28(34)36-17-35-20(4)7-14-26(33)24-15-25(22-10-5-19(3)6-11-22)31(30-24)23-12-8-21(16-32)9-13-23/h5-6,8-13,15-16,18,20,26-27,33H,7,14,17,29H2,1-4H3/t20?,26?,27-/m0/s1. The Bertz CT molecular complexity index is 1140. The van der Waals surface area contributed by atoms with E-state index in [1.807, 2.05) is 70.2 Å². The zero-order chi connectivity index (χ0) is 26.2. The molecule has 0 saturated carbocycles. The second-order valence-corrected chi connectivity index (χ2v) is 9.36. The second kappa shape index (κ2) is 12.6. The number of aryl methyl sites for hydroxylation is 1. The first kappa shape index (κ1) is 27.3. The van der Waals surface area contributed by atoms with Gasteiger partial charge in [0.1, 0.15) is 12.3 Å². The molecule has 0 fully saturated rings. The van der Waals surface area contributed by atoms with Crippen LogP contribution in [-0.2, 0) is 14.3 Å². The maximum atomic E-state index is 11.8. The molecule has 0 aliphatic carbocycles. The number of hydrogen-bond acceptors (Lipinski definition) is 7. The van der Waals surface area contributed by atoms with Gasteiger partial charge in [0.05, 0.1) is 29.3 Å². The van der Waals surface area contributed by atoms with Gasteiger partial charge in [-0.3, -0.25) is 9.59 Å². The van der Waals surface area contributed by atoms with Crippen LogP contribution >= 0.6 is 0 Å². The van der Waals surface area contributed by atoms with Crippen LogP contribution in [0.3, 0.4) is 0 Å². The van der Waals surface area contributed by atoms with Crippen molar-refractivity contribution in [2.24, 2.45) is 11.7 Å². The van der Waals surface area contributed by atoms with Crippen LogP contribution in [0.2, 0.25) is 0 Å². The fourth-order valence-electron chi connectivity index (χ4n) is 3.58. The number of hydrogen-bond donors (Lipinski definition) is 2. The van der Waals surface area contributed by atoms with Crippen LogP contribution in [0.1, 0.15) is 61.3 Å². The van der Waals surface area contributed by atoms with Crippen molar-refractivity contribution in [1.82, 2.24) is 9.78 Å². The van der Waals surface area contributed by atoms with E-state index in [1.54, 1.807) is 16.8 Å². The Hall–Kier alpha value is -3.33. The number of carbonyl (C=O) groups is 2. The average Bonchev–Trinajstić information content (AvgIpc) is 3.32. The maximum Gasteiger partial charge on any atom is 0.325 e. The minimum atomic E-state index is -0.812. The summed E-state index contributed by atoms with van der Waals surface area (Å²) in [6, 6.07) is 16.4. The lowest BCUT2D eigenvalue weighted by atomic mass is 10.1. The topological polar surface area (TPSA) is 117 Å². The van der Waals surface area contributed by atoms with Gasteiger partial charge in [-0.2, -0.15) is 5.10 Å². The molecular weight excluding hydrogens is 458 g/mol. The fourth-order valence-corrected chi connectivity index (χ4v) is 3.58. The highest BCUT2D eigenvalue weighted by molar-refractivity contribution is 5.76. The van der Waals surface area contributed by atoms with Gasteiger partial charge in [0.25, 0.3) is 0 Å². The van der Waals surface area contributed by atoms with Gasteiger partial charge in [0.15, 0.2) is 6.79 Å². The highest BCUT2D eigenvalue weighted by atomic mass is 16.7. The monoisotopic (exact) mass is 493 g/mol. The van der Waals surface area contributed by atoms with Crippen molar-refractivity contribution < 1.29 is 24.2 Å². The summed E-state index contributed by atoms with van der Waals surface area (Å²) < 4.78 is 12.4. The maximum absolute atomic E-state index is 11.8. The molecule has 2 unspecified atom stereocenters. The Morgan fingerprint density at radius 2 is 1.75 bits per heavy atom. The summed E-state index contributed by atoms with van der Waals surface area (Å²) in [6.07, 6.45) is 0.696. The molecule has 0 radical (unpaired) electrons. The van der Waals surface area contributed by atoms with Crippen LogP contribution in [0.15, 0.2) is 54.6 Å². The molecule has 0 saturated heterocycles. The Balaban J connectivity index is 1.68. The first-order chi connectivity index (χ1) is 17.2. The molecule has 192 valence electrons. The zero-order valence-electron chi connectivity index (χ0n) is 21.3. The number of aliphatic hydroxyl groups is 1. The minimum Gasteiger partial charge on any atom is -0.437 e. The molecule has 2 aromatic carbocycles. The van der Waals surface area contributed by atoms with Crippen LogP contribution in [0.5, 0.6) is 0 Å². The van der Waals surface area contributed by atoms with E-state index in [2.05, 4.69) is 5.10 Å². The summed E-state index contributed by atoms with van der Waals surface area (Å²) in [6.45, 7) is 7.40. The lowest BCUT2D eigenvalue weighted by Crippen LogP contribution is -2.37. The Kier molecular flexibility index (Phi) is 9.52. The van der Waals surface area contributed by atoms with Crippen LogP contribution in [0.4, 0.5) is 0 Å². The van der Waals surface area contributed by atoms with E-state index in [1.165, 1.54) is 0 Å². The predicted octanol–water partition coefficient (Wildman–Crippen LogP) is 4.36. The highest BCUT2D eigenvalue weighted by Crippen LogP contribution is 2.28. The molecule has 3 aromatic rings. The quantitative estimate of drug-likeness (QED) is 0.219. The third-order valence-corrected chi connectivity index (χ3v) is 6.08. The first-order valence-corrected chi connectivity index (χ1v) is 12.1. The molecule has 3 atom stereocenters. The molecule has 8 nitrogen and oxygen atoms in total. The van der Waals surface area contributed by atoms with Crippen LogP contribution < -0.4 is 5.73 Å². The number of aliphatic hydroxyl groups excluding tert-OH is 1. The van der Waals surface area contributed by atoms with Gasteiger partial charge in [-0.25, -0.2) is 4.68 Å². The summed E-state index contributed by atoms with van der Waals surface area (Å²) in [5.41, 5.74) is 10.6. The molecule has 36 heavy (non-hydrogen) atoms. The summed E-state index contributed by atoms with van der Waals surface area (Å²) in [7, 11) is 0. The zero-order valence-corrected chi connectivity index (χ0v) is 21.3. The van der Waals surface area contributed by atoms with Crippen molar-refractivity contribution in [2.45, 2.75) is 58.8 Å². The normalized spacial score (nSPS) is 13.9. The minimum absolute atomic E-state index is 0.0161. The fraction of sp³-hybridized carbons (Fsp3) is 0.393. The molecule has 8 heteroatoms. The molecule has 1 aromatic heterocycles. The van der Waals surface area contributed by atoms with E-state index in [4.69, 9.17) is 15.2 Å². The van der Waals surface area contributed by atoms with Crippen molar-refractivity contribution in [2.75, 3.05) is 6.79 Å². The number of rotatable bonds is 12. The van der Waals surface area contributed by atoms with E-state index >= 15 is 0 Å². The number of carbonyl (C=O) groups excluding carboxylic acids is 2. The molecule has 3 N–H and O–H groups in total. The average molecular weight is 494 g/mol. The Morgan fingerprint density at radius 1 is 1.08 bits per heavy atom. The highest BCUT2D eigenvalue weighted by Gasteiger charge is 2.20.